The summed E-state index contributed by atoms with van der Waals surface area (Å²) in [7, 11) is 0. The van der Waals surface area contributed by atoms with Gasteiger partial charge in [0, 0.05) is 10.9 Å². The molecule has 3 heterocycles. The Morgan fingerprint density at radius 2 is 1.91 bits per heavy atom. The number of halogens is 1. The summed E-state index contributed by atoms with van der Waals surface area (Å²) in [5.41, 5.74) is 1.83. The molecule has 0 atom stereocenters. The highest BCUT2D eigenvalue weighted by Crippen LogP contribution is 2.21. The van der Waals surface area contributed by atoms with E-state index in [2.05, 4.69) is 20.6 Å². The molecule has 164 valence electrons. The number of piperidine rings is 1. The Morgan fingerprint density at radius 1 is 1.09 bits per heavy atom. The molecule has 1 saturated heterocycles. The van der Waals surface area contributed by atoms with Crippen molar-refractivity contribution in [1.29, 1.82) is 0 Å². The Morgan fingerprint density at radius 3 is 2.72 bits per heavy atom. The Hall–Kier alpha value is -3.52. The lowest BCUT2D eigenvalue weighted by Gasteiger charge is -2.22. The molecule has 0 aliphatic carbocycles. The van der Waals surface area contributed by atoms with Crippen LogP contribution >= 0.6 is 0 Å². The van der Waals surface area contributed by atoms with Gasteiger partial charge in [-0.2, -0.15) is 0 Å². The van der Waals surface area contributed by atoms with Gasteiger partial charge in [0.05, 0.1) is 24.1 Å². The van der Waals surface area contributed by atoms with E-state index in [4.69, 9.17) is 4.74 Å². The molecular formula is C24H24FN5O2. The second-order valence-corrected chi connectivity index (χ2v) is 8.12. The molecule has 1 aliphatic heterocycles. The summed E-state index contributed by atoms with van der Waals surface area (Å²) in [6, 6.07) is 13.5. The van der Waals surface area contributed by atoms with Crippen LogP contribution in [0.1, 0.15) is 19.3 Å². The van der Waals surface area contributed by atoms with Gasteiger partial charge in [-0.25, -0.2) is 9.07 Å². The molecule has 0 unspecified atom stereocenters. The highest BCUT2D eigenvalue weighted by molar-refractivity contribution is 5.82. The topological polar surface area (TPSA) is 84.8 Å². The van der Waals surface area contributed by atoms with E-state index >= 15 is 0 Å². The third-order valence-corrected chi connectivity index (χ3v) is 5.93. The lowest BCUT2D eigenvalue weighted by molar-refractivity contribution is 0.252. The van der Waals surface area contributed by atoms with Crippen molar-refractivity contribution in [1.82, 2.24) is 25.3 Å². The maximum absolute atomic E-state index is 13.6. The van der Waals surface area contributed by atoms with Crippen molar-refractivity contribution >= 4 is 10.9 Å². The molecule has 7 nitrogen and oxygen atoms in total. The minimum Gasteiger partial charge on any atom is -0.494 e. The largest absolute Gasteiger partial charge is 0.494 e. The Labute approximate surface area is 184 Å². The number of hydrogen-bond acceptors (Lipinski definition) is 5. The summed E-state index contributed by atoms with van der Waals surface area (Å²) in [6.07, 6.45) is 5.18. The lowest BCUT2D eigenvalue weighted by Crippen LogP contribution is -2.28. The molecule has 2 aromatic heterocycles. The molecule has 4 aromatic rings. The van der Waals surface area contributed by atoms with Crippen molar-refractivity contribution in [3.8, 4) is 22.7 Å². The molecule has 1 fully saturated rings. The minimum absolute atomic E-state index is 0.298. The van der Waals surface area contributed by atoms with E-state index in [-0.39, 0.29) is 11.4 Å². The Bertz CT molecular complexity index is 1280. The van der Waals surface area contributed by atoms with Gasteiger partial charge < -0.3 is 15.0 Å². The number of fused-ring (bicyclic) bond motifs is 1. The molecule has 32 heavy (non-hydrogen) atoms. The van der Waals surface area contributed by atoms with Crippen molar-refractivity contribution in [3.63, 3.8) is 0 Å². The highest BCUT2D eigenvalue weighted by Gasteiger charge is 2.13. The summed E-state index contributed by atoms with van der Waals surface area (Å²) in [5.74, 6) is 1.19. The first-order valence-corrected chi connectivity index (χ1v) is 10.8. The maximum Gasteiger partial charge on any atom is 0.258 e. The molecule has 1 aliphatic rings. The molecular weight excluding hydrogens is 409 g/mol. The quantitative estimate of drug-likeness (QED) is 0.485. The van der Waals surface area contributed by atoms with Crippen molar-refractivity contribution in [2.24, 2.45) is 5.92 Å². The van der Waals surface area contributed by atoms with Crippen LogP contribution in [0.25, 0.3) is 27.8 Å². The summed E-state index contributed by atoms with van der Waals surface area (Å²) in [5, 5.41) is 12.3. The SMILES string of the molecule is O=c1[nH]c2ccc(F)cc2cc1-c1cn(-c2ccc(OCCC3CCNCC3)cc2)nn1. The van der Waals surface area contributed by atoms with Gasteiger partial charge in [-0.3, -0.25) is 4.79 Å². The first-order chi connectivity index (χ1) is 15.7. The van der Waals surface area contributed by atoms with E-state index in [0.29, 0.717) is 28.8 Å². The fourth-order valence-corrected chi connectivity index (χ4v) is 4.09. The number of hydrogen-bond donors (Lipinski definition) is 2. The fraction of sp³-hybridized carbons (Fsp3) is 0.292. The number of pyridine rings is 1. The molecule has 2 aromatic carbocycles. The number of H-pyrrole nitrogens is 1. The van der Waals surface area contributed by atoms with Crippen LogP contribution in [0.15, 0.2) is 59.5 Å². The lowest BCUT2D eigenvalue weighted by atomic mass is 9.95. The zero-order valence-electron chi connectivity index (χ0n) is 17.6. The van der Waals surface area contributed by atoms with Gasteiger partial charge in [0.15, 0.2) is 0 Å². The number of nitrogens with one attached hydrogen (secondary N) is 2. The standard InChI is InChI=1S/C24H24FN5O2/c25-18-1-6-22-17(13-18)14-21(24(31)27-22)23-15-30(29-28-23)19-2-4-20(5-3-19)32-12-9-16-7-10-26-11-8-16/h1-6,13-16,26H,7-12H2,(H,27,31). The third-order valence-electron chi connectivity index (χ3n) is 5.93. The molecule has 5 rings (SSSR count). The fourth-order valence-electron chi connectivity index (χ4n) is 4.09. The van der Waals surface area contributed by atoms with E-state index < -0.39 is 0 Å². The van der Waals surface area contributed by atoms with Gasteiger partial charge in [-0.1, -0.05) is 5.21 Å². The average molecular weight is 433 g/mol. The highest BCUT2D eigenvalue weighted by atomic mass is 19.1. The molecule has 0 radical (unpaired) electrons. The molecule has 0 spiro atoms. The number of ether oxygens (including phenoxy) is 1. The maximum atomic E-state index is 13.6. The average Bonchev–Trinajstić information content (AvgIpc) is 3.30. The zero-order valence-corrected chi connectivity index (χ0v) is 17.6. The minimum atomic E-state index is -0.364. The summed E-state index contributed by atoms with van der Waals surface area (Å²) >= 11 is 0. The molecule has 2 N–H and O–H groups in total. The van der Waals surface area contributed by atoms with Crippen LogP contribution in [-0.4, -0.2) is 39.7 Å². The van der Waals surface area contributed by atoms with E-state index in [1.165, 1.54) is 25.0 Å². The number of nitrogens with zero attached hydrogens (tertiary/aromatic N) is 3. The van der Waals surface area contributed by atoms with Crippen molar-refractivity contribution < 1.29 is 9.13 Å². The van der Waals surface area contributed by atoms with E-state index in [9.17, 15) is 9.18 Å². The van der Waals surface area contributed by atoms with Crippen LogP contribution in [0.4, 0.5) is 4.39 Å². The van der Waals surface area contributed by atoms with E-state index in [0.717, 1.165) is 36.9 Å². The van der Waals surface area contributed by atoms with Gasteiger partial charge in [0.25, 0.3) is 5.56 Å². The first kappa shape index (κ1) is 20.4. The van der Waals surface area contributed by atoms with Crippen molar-refractivity contribution in [2.75, 3.05) is 19.7 Å². The smallest absolute Gasteiger partial charge is 0.258 e. The molecule has 0 bridgehead atoms. The van der Waals surface area contributed by atoms with Gasteiger partial charge in [-0.15, -0.1) is 5.10 Å². The number of aromatic nitrogens is 4. The van der Waals surface area contributed by atoms with Crippen molar-refractivity contribution in [2.45, 2.75) is 19.3 Å². The van der Waals surface area contributed by atoms with Crippen LogP contribution in [-0.2, 0) is 0 Å². The van der Waals surface area contributed by atoms with Gasteiger partial charge in [-0.05, 0) is 86.8 Å². The van der Waals surface area contributed by atoms with E-state index in [1.54, 1.807) is 23.0 Å². The Kier molecular flexibility index (Phi) is 5.68. The molecule has 0 amide bonds. The number of rotatable bonds is 6. The summed E-state index contributed by atoms with van der Waals surface area (Å²) < 4.78 is 21.1. The van der Waals surface area contributed by atoms with Gasteiger partial charge in [0.1, 0.15) is 17.3 Å². The Balaban J connectivity index is 1.29. The van der Waals surface area contributed by atoms with Crippen molar-refractivity contribution in [3.05, 3.63) is 70.9 Å². The first-order valence-electron chi connectivity index (χ1n) is 10.8. The zero-order chi connectivity index (χ0) is 21.9. The number of benzene rings is 2. The molecule has 8 heteroatoms. The van der Waals surface area contributed by atoms with Crippen LogP contribution in [0.3, 0.4) is 0 Å². The normalized spacial score (nSPS) is 14.7. The number of aromatic amines is 1. The van der Waals surface area contributed by atoms with Crippen LogP contribution in [0.5, 0.6) is 5.75 Å². The second kappa shape index (κ2) is 8.92. The molecule has 0 saturated carbocycles. The van der Waals surface area contributed by atoms with Gasteiger partial charge in [0.2, 0.25) is 0 Å². The predicted molar refractivity (Wildman–Crippen MR) is 121 cm³/mol. The van der Waals surface area contributed by atoms with Gasteiger partial charge >= 0.3 is 0 Å². The summed E-state index contributed by atoms with van der Waals surface area (Å²) in [6.45, 7) is 2.91. The summed E-state index contributed by atoms with van der Waals surface area (Å²) in [4.78, 5) is 15.2. The van der Waals surface area contributed by atoms with Crippen LogP contribution in [0, 0.1) is 11.7 Å². The van der Waals surface area contributed by atoms with Crippen LogP contribution in [0.2, 0.25) is 0 Å². The van der Waals surface area contributed by atoms with Crippen LogP contribution < -0.4 is 15.6 Å². The second-order valence-electron chi connectivity index (χ2n) is 8.12. The third kappa shape index (κ3) is 4.40. The van der Waals surface area contributed by atoms with E-state index in [1.807, 2.05) is 24.3 Å². The monoisotopic (exact) mass is 433 g/mol. The predicted octanol–water partition coefficient (Wildman–Crippen LogP) is 3.68.